The number of hydrogen-bond acceptors (Lipinski definition) is 11. The third-order valence-electron chi connectivity index (χ3n) is 7.35. The molecule has 13 nitrogen and oxygen atoms in total. The number of hydrogen-bond donors (Lipinski definition) is 2. The van der Waals surface area contributed by atoms with Crippen molar-refractivity contribution in [3.05, 3.63) is 86.2 Å². The van der Waals surface area contributed by atoms with Gasteiger partial charge in [-0.05, 0) is 37.1 Å². The quantitative estimate of drug-likeness (QED) is 0.172. The van der Waals surface area contributed by atoms with E-state index in [4.69, 9.17) is 29.2 Å². The van der Waals surface area contributed by atoms with E-state index < -0.39 is 32.7 Å². The normalized spacial score (nSPS) is 18.3. The van der Waals surface area contributed by atoms with E-state index in [0.717, 1.165) is 16.5 Å². The molecule has 3 N–H and O–H groups in total. The molecule has 0 aliphatic carbocycles. The molecule has 4 aromatic rings. The van der Waals surface area contributed by atoms with Gasteiger partial charge in [0, 0.05) is 35.4 Å². The van der Waals surface area contributed by atoms with Crippen molar-refractivity contribution in [3.63, 3.8) is 0 Å². The number of carbonyl (C=O) groups is 1. The fourth-order valence-corrected chi connectivity index (χ4v) is 6.08. The summed E-state index contributed by atoms with van der Waals surface area (Å²) in [5.41, 5.74) is 8.06. The van der Waals surface area contributed by atoms with Gasteiger partial charge in [-0.25, -0.2) is 9.78 Å². The summed E-state index contributed by atoms with van der Waals surface area (Å²) in [7, 11) is -1.08. The second-order valence-corrected chi connectivity index (χ2v) is 10.9. The SMILES string of the molecule is CC.COCc1c(C(C=O)OP(O)OCC2CCC(n3ccc(N)nc3=O)O2)cc2n(c1=O)Cc1cc3ccccc3nc1-2. The first kappa shape index (κ1) is 31.6. The molecule has 44 heavy (non-hydrogen) atoms. The lowest BCUT2D eigenvalue weighted by atomic mass is 10.0. The Labute approximate surface area is 254 Å². The van der Waals surface area contributed by atoms with Crippen LogP contribution >= 0.6 is 8.60 Å². The van der Waals surface area contributed by atoms with Crippen LogP contribution in [0.1, 0.15) is 55.7 Å². The highest BCUT2D eigenvalue weighted by molar-refractivity contribution is 7.40. The Morgan fingerprint density at radius 3 is 2.73 bits per heavy atom. The minimum Gasteiger partial charge on any atom is -0.383 e. The second-order valence-electron chi connectivity index (χ2n) is 10.0. The molecule has 0 radical (unpaired) electrons. The summed E-state index contributed by atoms with van der Waals surface area (Å²) in [5.74, 6) is 0.121. The molecule has 14 heteroatoms. The van der Waals surface area contributed by atoms with Crippen LogP contribution in [0.4, 0.5) is 5.82 Å². The first-order chi connectivity index (χ1) is 21.4. The van der Waals surface area contributed by atoms with Crippen LogP contribution in [0.25, 0.3) is 22.3 Å². The highest BCUT2D eigenvalue weighted by atomic mass is 31.2. The Balaban J connectivity index is 0.00000188. The standard InChI is InChI=1S/C28H28N5O8P.C2H6/c1-38-15-20-19(11-22-26-17(12-33(22)27(20)35)10-16-4-2-3-5-21(16)30-26)23(13-34)41-42(37)39-14-18-6-7-25(40-18)32-9-8-24(29)31-28(32)36;1-2/h2-5,8-11,13,18,23,25,37H,6-7,12,14-15H2,1H3,(H2,29,31,36);1-2H3. The molecule has 1 fully saturated rings. The second kappa shape index (κ2) is 13.9. The average molecular weight is 624 g/mol. The van der Waals surface area contributed by atoms with Crippen molar-refractivity contribution in [1.82, 2.24) is 19.1 Å². The molecule has 4 unspecified atom stereocenters. The summed E-state index contributed by atoms with van der Waals surface area (Å²) in [5, 5.41) is 0.960. The lowest BCUT2D eigenvalue weighted by Gasteiger charge is -2.21. The van der Waals surface area contributed by atoms with Crippen molar-refractivity contribution >= 4 is 31.6 Å². The fraction of sp³-hybridized carbons (Fsp3) is 0.367. The molecule has 1 aromatic carbocycles. The van der Waals surface area contributed by atoms with Gasteiger partial charge in [0.2, 0.25) is 0 Å². The van der Waals surface area contributed by atoms with Crippen molar-refractivity contribution in [2.24, 2.45) is 0 Å². The zero-order chi connectivity index (χ0) is 31.4. The van der Waals surface area contributed by atoms with Crippen LogP contribution < -0.4 is 17.0 Å². The van der Waals surface area contributed by atoms with Gasteiger partial charge in [-0.3, -0.25) is 13.9 Å². The van der Waals surface area contributed by atoms with Crippen molar-refractivity contribution in [3.8, 4) is 11.4 Å². The Hall–Kier alpha value is -3.84. The molecular weight excluding hydrogens is 589 g/mol. The summed E-state index contributed by atoms with van der Waals surface area (Å²) < 4.78 is 25.2. The van der Waals surface area contributed by atoms with Gasteiger partial charge < -0.3 is 34.0 Å². The molecule has 0 bridgehead atoms. The molecule has 0 amide bonds. The van der Waals surface area contributed by atoms with Gasteiger partial charge in [0.25, 0.3) is 5.56 Å². The van der Waals surface area contributed by atoms with Gasteiger partial charge in [-0.2, -0.15) is 4.98 Å². The van der Waals surface area contributed by atoms with Crippen molar-refractivity contribution in [1.29, 1.82) is 0 Å². The average Bonchev–Trinajstić information content (AvgIpc) is 3.65. The summed E-state index contributed by atoms with van der Waals surface area (Å²) in [6.07, 6.45) is 0.839. The van der Waals surface area contributed by atoms with E-state index in [1.807, 2.05) is 44.2 Å². The molecule has 6 rings (SSSR count). The number of aromatic nitrogens is 4. The van der Waals surface area contributed by atoms with Crippen LogP contribution in [0.5, 0.6) is 0 Å². The minimum absolute atomic E-state index is 0.0381. The Morgan fingerprint density at radius 1 is 1.18 bits per heavy atom. The number of nitrogens with zero attached hydrogens (tertiary/aromatic N) is 4. The molecule has 2 aliphatic rings. The number of para-hydroxylation sites is 1. The highest BCUT2D eigenvalue weighted by Crippen LogP contribution is 2.42. The lowest BCUT2D eigenvalue weighted by molar-refractivity contribution is -0.114. The maximum atomic E-state index is 13.6. The molecule has 2 aliphatic heterocycles. The third-order valence-corrected chi connectivity index (χ3v) is 8.13. The van der Waals surface area contributed by atoms with E-state index in [2.05, 4.69) is 4.98 Å². The maximum absolute atomic E-state index is 13.6. The lowest BCUT2D eigenvalue weighted by Crippen LogP contribution is -2.28. The molecule has 232 valence electrons. The van der Waals surface area contributed by atoms with Gasteiger partial charge in [-0.1, -0.05) is 32.0 Å². The largest absolute Gasteiger partial charge is 0.383 e. The van der Waals surface area contributed by atoms with E-state index in [1.54, 1.807) is 10.6 Å². The van der Waals surface area contributed by atoms with E-state index in [-0.39, 0.29) is 35.7 Å². The molecule has 4 atom stereocenters. The van der Waals surface area contributed by atoms with Gasteiger partial charge in [0.05, 0.1) is 42.8 Å². The van der Waals surface area contributed by atoms with Crippen LogP contribution in [0, 0.1) is 0 Å². The predicted molar refractivity (Wildman–Crippen MR) is 164 cm³/mol. The number of ether oxygens (including phenoxy) is 2. The first-order valence-corrected chi connectivity index (χ1v) is 15.4. The number of aldehydes is 1. The number of methoxy groups -OCH3 is 1. The number of pyridine rings is 2. The number of fused-ring (bicyclic) bond motifs is 4. The first-order valence-electron chi connectivity index (χ1n) is 14.2. The molecule has 0 spiro atoms. The Morgan fingerprint density at radius 2 is 1.98 bits per heavy atom. The number of benzene rings is 1. The monoisotopic (exact) mass is 623 g/mol. The van der Waals surface area contributed by atoms with Crippen molar-refractivity contribution in [2.75, 3.05) is 19.5 Å². The van der Waals surface area contributed by atoms with E-state index in [9.17, 15) is 19.3 Å². The summed E-state index contributed by atoms with van der Waals surface area (Å²) >= 11 is 0. The summed E-state index contributed by atoms with van der Waals surface area (Å²) in [6.45, 7) is 4.24. The number of anilines is 1. The number of nitrogens with two attached hydrogens (primary N) is 1. The summed E-state index contributed by atoms with van der Waals surface area (Å²) in [6, 6.07) is 12.9. The highest BCUT2D eigenvalue weighted by Gasteiger charge is 2.31. The fourth-order valence-electron chi connectivity index (χ4n) is 5.37. The van der Waals surface area contributed by atoms with Gasteiger partial charge in [0.1, 0.15) is 18.1 Å². The van der Waals surface area contributed by atoms with E-state index in [0.29, 0.717) is 37.1 Å². The number of rotatable bonds is 10. The zero-order valence-corrected chi connectivity index (χ0v) is 25.5. The topological polar surface area (TPSA) is 170 Å². The Bertz CT molecular complexity index is 1780. The zero-order valence-electron chi connectivity index (χ0n) is 24.6. The van der Waals surface area contributed by atoms with Crippen LogP contribution in [-0.2, 0) is 36.5 Å². The van der Waals surface area contributed by atoms with E-state index in [1.165, 1.54) is 23.9 Å². The maximum Gasteiger partial charge on any atom is 0.351 e. The minimum atomic E-state index is -2.53. The molecule has 1 saturated heterocycles. The molecule has 3 aromatic heterocycles. The van der Waals surface area contributed by atoms with E-state index >= 15 is 0 Å². The third kappa shape index (κ3) is 6.34. The van der Waals surface area contributed by atoms with Crippen molar-refractivity contribution in [2.45, 2.75) is 58.3 Å². The molecular formula is C30H34N5O8P. The number of carbonyl (C=O) groups excluding carboxylic acids is 1. The van der Waals surface area contributed by atoms with Crippen LogP contribution in [0.15, 0.2) is 58.3 Å². The van der Waals surface area contributed by atoms with Crippen molar-refractivity contribution < 1.29 is 28.2 Å². The van der Waals surface area contributed by atoms with Gasteiger partial charge >= 0.3 is 14.3 Å². The smallest absolute Gasteiger partial charge is 0.351 e. The van der Waals surface area contributed by atoms with Gasteiger partial charge in [0.15, 0.2) is 6.29 Å². The van der Waals surface area contributed by atoms with Crippen LogP contribution in [0.3, 0.4) is 0 Å². The van der Waals surface area contributed by atoms with Gasteiger partial charge in [-0.15, -0.1) is 0 Å². The Kier molecular flexibility index (Phi) is 9.94. The summed E-state index contributed by atoms with van der Waals surface area (Å²) in [4.78, 5) is 57.0. The van der Waals surface area contributed by atoms with Crippen LogP contribution in [-0.4, -0.2) is 50.1 Å². The molecule has 0 saturated carbocycles. The molecule has 5 heterocycles. The van der Waals surface area contributed by atoms with Crippen LogP contribution in [0.2, 0.25) is 0 Å². The predicted octanol–water partition coefficient (Wildman–Crippen LogP) is 3.61. The number of nitrogen functional groups attached to an aromatic ring is 1.